The van der Waals surface area contributed by atoms with E-state index >= 15 is 0 Å². The first kappa shape index (κ1) is 13.8. The summed E-state index contributed by atoms with van der Waals surface area (Å²) >= 11 is 5.08. The van der Waals surface area contributed by atoms with E-state index in [1.165, 1.54) is 0 Å². The smallest absolute Gasteiger partial charge is 0.115 e. The fourth-order valence-corrected chi connectivity index (χ4v) is 2.56. The van der Waals surface area contributed by atoms with Crippen LogP contribution in [0.3, 0.4) is 0 Å². The number of rotatable bonds is 3. The van der Waals surface area contributed by atoms with Crippen LogP contribution >= 0.6 is 12.2 Å². The molecule has 106 valence electrons. The molecule has 21 heavy (non-hydrogen) atoms. The Hall–Kier alpha value is -2.17. The van der Waals surface area contributed by atoms with Crippen LogP contribution in [0.25, 0.3) is 5.70 Å². The van der Waals surface area contributed by atoms with Crippen LogP contribution in [-0.2, 0) is 0 Å². The van der Waals surface area contributed by atoms with Gasteiger partial charge in [0.2, 0.25) is 0 Å². The van der Waals surface area contributed by atoms with Crippen molar-refractivity contribution in [2.75, 3.05) is 0 Å². The highest BCUT2D eigenvalue weighted by molar-refractivity contribution is 7.79. The molecule has 0 amide bonds. The van der Waals surface area contributed by atoms with Gasteiger partial charge in [0.05, 0.1) is 6.04 Å². The lowest BCUT2D eigenvalue weighted by atomic mass is 10.0. The fourth-order valence-electron chi connectivity index (χ4n) is 2.41. The van der Waals surface area contributed by atoms with Crippen molar-refractivity contribution in [3.8, 4) is 5.75 Å². The molecule has 0 aromatic heterocycles. The molecule has 1 aliphatic heterocycles. The Labute approximate surface area is 129 Å². The van der Waals surface area contributed by atoms with Crippen molar-refractivity contribution < 1.29 is 5.11 Å². The van der Waals surface area contributed by atoms with Gasteiger partial charge in [0.25, 0.3) is 0 Å². The molecule has 2 aromatic rings. The molecule has 0 spiro atoms. The Morgan fingerprint density at radius 1 is 1.00 bits per heavy atom. The van der Waals surface area contributed by atoms with Gasteiger partial charge in [-0.2, -0.15) is 0 Å². The standard InChI is InChI=1S/C17H16N2OS/c20-14-8-6-13(7-9-14)16-10-15(18-17(11-21)19-16)12-4-2-1-3-5-12/h1-11,16-20H. The number of benzene rings is 2. The van der Waals surface area contributed by atoms with Crippen LogP contribution in [0.15, 0.2) is 60.7 Å². The van der Waals surface area contributed by atoms with Gasteiger partial charge in [0, 0.05) is 11.1 Å². The maximum atomic E-state index is 9.41. The second-order valence-electron chi connectivity index (χ2n) is 4.94. The van der Waals surface area contributed by atoms with E-state index in [4.69, 9.17) is 12.2 Å². The molecule has 2 atom stereocenters. The minimum Gasteiger partial charge on any atom is -0.508 e. The zero-order chi connectivity index (χ0) is 14.7. The third-order valence-corrected chi connectivity index (χ3v) is 3.75. The predicted molar refractivity (Wildman–Crippen MR) is 89.0 cm³/mol. The van der Waals surface area contributed by atoms with Crippen molar-refractivity contribution in [2.45, 2.75) is 12.2 Å². The van der Waals surface area contributed by atoms with Gasteiger partial charge < -0.3 is 10.4 Å². The summed E-state index contributed by atoms with van der Waals surface area (Å²) in [4.78, 5) is 0. The minimum atomic E-state index is -0.0704. The maximum absolute atomic E-state index is 9.41. The Kier molecular flexibility index (Phi) is 3.99. The molecule has 2 unspecified atom stereocenters. The highest BCUT2D eigenvalue weighted by Crippen LogP contribution is 2.25. The predicted octanol–water partition coefficient (Wildman–Crippen LogP) is 2.99. The second-order valence-corrected chi connectivity index (χ2v) is 5.21. The summed E-state index contributed by atoms with van der Waals surface area (Å²) < 4.78 is 0. The molecule has 3 nitrogen and oxygen atoms in total. The highest BCUT2D eigenvalue weighted by Gasteiger charge is 2.21. The Morgan fingerprint density at radius 2 is 1.71 bits per heavy atom. The van der Waals surface area contributed by atoms with Crippen LogP contribution in [0.4, 0.5) is 0 Å². The Balaban J connectivity index is 1.96. The molecule has 0 aliphatic carbocycles. The van der Waals surface area contributed by atoms with Crippen molar-refractivity contribution in [3.63, 3.8) is 0 Å². The molecular formula is C17H16N2OS. The molecular weight excluding hydrogens is 280 g/mol. The number of aromatic hydroxyl groups is 1. The topological polar surface area (TPSA) is 44.3 Å². The number of phenols is 1. The Morgan fingerprint density at radius 3 is 2.38 bits per heavy atom. The maximum Gasteiger partial charge on any atom is 0.115 e. The summed E-state index contributed by atoms with van der Waals surface area (Å²) in [5.41, 5.74) is 3.27. The van der Waals surface area contributed by atoms with E-state index in [1.54, 1.807) is 17.5 Å². The molecule has 3 rings (SSSR count). The molecule has 0 saturated heterocycles. The first-order chi connectivity index (χ1) is 10.3. The first-order valence-corrected chi connectivity index (χ1v) is 7.27. The molecule has 1 aliphatic rings. The fraction of sp³-hybridized carbons (Fsp3) is 0.118. The largest absolute Gasteiger partial charge is 0.508 e. The van der Waals surface area contributed by atoms with E-state index in [9.17, 15) is 5.11 Å². The normalized spacial score (nSPS) is 21.2. The number of hydrogen-bond donors (Lipinski definition) is 3. The average Bonchev–Trinajstić information content (AvgIpc) is 2.56. The lowest BCUT2D eigenvalue weighted by Gasteiger charge is -2.30. The zero-order valence-electron chi connectivity index (χ0n) is 11.4. The lowest BCUT2D eigenvalue weighted by molar-refractivity contribution is 0.474. The van der Waals surface area contributed by atoms with E-state index in [0.717, 1.165) is 16.8 Å². The minimum absolute atomic E-state index is 0.0475. The average molecular weight is 296 g/mol. The van der Waals surface area contributed by atoms with E-state index < -0.39 is 0 Å². The van der Waals surface area contributed by atoms with Crippen LogP contribution in [-0.4, -0.2) is 16.6 Å². The molecule has 0 radical (unpaired) electrons. The zero-order valence-corrected chi connectivity index (χ0v) is 12.2. The molecule has 0 fully saturated rings. The quantitative estimate of drug-likeness (QED) is 0.762. The van der Waals surface area contributed by atoms with Crippen LogP contribution in [0.2, 0.25) is 0 Å². The van der Waals surface area contributed by atoms with Gasteiger partial charge in [0.15, 0.2) is 0 Å². The number of hydrogen-bond acceptors (Lipinski definition) is 4. The van der Waals surface area contributed by atoms with E-state index in [2.05, 4.69) is 28.8 Å². The molecule has 0 bridgehead atoms. The summed E-state index contributed by atoms with van der Waals surface area (Å²) in [6, 6.07) is 17.4. The number of phenolic OH excluding ortho intramolecular Hbond substituents is 1. The highest BCUT2D eigenvalue weighted by atomic mass is 32.1. The third-order valence-electron chi connectivity index (χ3n) is 3.48. The van der Waals surface area contributed by atoms with Gasteiger partial charge in [-0.3, -0.25) is 5.32 Å². The van der Waals surface area contributed by atoms with E-state index in [1.807, 2.05) is 30.3 Å². The van der Waals surface area contributed by atoms with Crippen molar-refractivity contribution in [2.24, 2.45) is 0 Å². The Bertz CT molecular complexity index is 652. The lowest BCUT2D eigenvalue weighted by Crippen LogP contribution is -2.47. The second kappa shape index (κ2) is 6.08. The van der Waals surface area contributed by atoms with E-state index in [-0.39, 0.29) is 18.0 Å². The van der Waals surface area contributed by atoms with Crippen molar-refractivity contribution in [1.29, 1.82) is 0 Å². The molecule has 0 saturated carbocycles. The van der Waals surface area contributed by atoms with Gasteiger partial charge >= 0.3 is 0 Å². The summed E-state index contributed by atoms with van der Waals surface area (Å²) in [5.74, 6) is 0.270. The third kappa shape index (κ3) is 3.12. The summed E-state index contributed by atoms with van der Waals surface area (Å²) in [5, 5.41) is 17.9. The van der Waals surface area contributed by atoms with Crippen molar-refractivity contribution >= 4 is 23.3 Å². The van der Waals surface area contributed by atoms with E-state index in [0.29, 0.717) is 0 Å². The van der Waals surface area contributed by atoms with Gasteiger partial charge in [-0.25, -0.2) is 0 Å². The molecule has 2 aromatic carbocycles. The monoisotopic (exact) mass is 296 g/mol. The van der Waals surface area contributed by atoms with Gasteiger partial charge in [-0.1, -0.05) is 54.7 Å². The molecule has 4 heteroatoms. The van der Waals surface area contributed by atoms with Crippen LogP contribution in [0, 0.1) is 0 Å². The summed E-state index contributed by atoms with van der Waals surface area (Å²) in [6.45, 7) is 0. The van der Waals surface area contributed by atoms with Crippen molar-refractivity contribution in [1.82, 2.24) is 10.6 Å². The molecule has 3 N–H and O–H groups in total. The van der Waals surface area contributed by atoms with Crippen LogP contribution < -0.4 is 10.6 Å². The molecule has 1 heterocycles. The number of nitrogens with one attached hydrogen (secondary N) is 2. The SMILES string of the molecule is Oc1ccc(C2C=C(c3ccccc3)NC(C=S)N2)cc1. The number of thiocarbonyl (C=S) groups is 1. The van der Waals surface area contributed by atoms with Gasteiger partial charge in [0.1, 0.15) is 11.9 Å². The van der Waals surface area contributed by atoms with Crippen molar-refractivity contribution in [3.05, 3.63) is 71.8 Å². The van der Waals surface area contributed by atoms with Gasteiger partial charge in [-0.05, 0) is 29.3 Å². The summed E-state index contributed by atoms with van der Waals surface area (Å²) in [6.07, 6.45) is 2.07. The van der Waals surface area contributed by atoms with Gasteiger partial charge in [-0.15, -0.1) is 0 Å². The summed E-state index contributed by atoms with van der Waals surface area (Å²) in [7, 11) is 0. The van der Waals surface area contributed by atoms with Crippen LogP contribution in [0.1, 0.15) is 17.2 Å². The van der Waals surface area contributed by atoms with Crippen LogP contribution in [0.5, 0.6) is 5.75 Å². The first-order valence-electron chi connectivity index (χ1n) is 6.80.